The Morgan fingerprint density at radius 2 is 1.65 bits per heavy atom. The van der Waals surface area contributed by atoms with Crippen LogP contribution < -0.4 is 14.4 Å². The number of hydrogen-bond donors (Lipinski definition) is 1. The molecule has 26 heavy (non-hydrogen) atoms. The van der Waals surface area contributed by atoms with Crippen LogP contribution in [0.25, 0.3) is 0 Å². The van der Waals surface area contributed by atoms with Crippen molar-refractivity contribution in [1.82, 2.24) is 4.90 Å². The Balaban J connectivity index is 1.43. The summed E-state index contributed by atoms with van der Waals surface area (Å²) in [6.45, 7) is 4.54. The van der Waals surface area contributed by atoms with Gasteiger partial charge in [-0.25, -0.2) is 0 Å². The molecule has 2 aromatic carbocycles. The van der Waals surface area contributed by atoms with Crippen molar-refractivity contribution in [2.45, 2.75) is 6.10 Å². The fraction of sp³-hybridized carbons (Fsp3) is 0.400. The number of anilines is 1. The minimum atomic E-state index is -0.540. The van der Waals surface area contributed by atoms with Crippen LogP contribution >= 0.6 is 11.6 Å². The van der Waals surface area contributed by atoms with Gasteiger partial charge in [-0.15, -0.1) is 0 Å². The Kier molecular flexibility index (Phi) is 6.61. The third kappa shape index (κ3) is 5.04. The number of β-amino-alcohol motifs (C(OH)–C–C–N with tert-alkyl or cyclic N) is 1. The molecule has 0 radical (unpaired) electrons. The van der Waals surface area contributed by atoms with Crippen LogP contribution in [0.1, 0.15) is 0 Å². The molecule has 1 heterocycles. The summed E-state index contributed by atoms with van der Waals surface area (Å²) in [7, 11) is 1.61. The maximum Gasteiger partial charge on any atom is 0.161 e. The van der Waals surface area contributed by atoms with Crippen molar-refractivity contribution in [2.75, 3.05) is 51.3 Å². The maximum atomic E-state index is 10.3. The number of ether oxygens (including phenoxy) is 2. The van der Waals surface area contributed by atoms with Crippen molar-refractivity contribution in [3.63, 3.8) is 0 Å². The molecule has 0 aromatic heterocycles. The number of hydrogen-bond acceptors (Lipinski definition) is 5. The molecule has 1 atom stereocenters. The molecule has 0 saturated carbocycles. The van der Waals surface area contributed by atoms with Crippen LogP contribution in [0.3, 0.4) is 0 Å². The highest BCUT2D eigenvalue weighted by molar-refractivity contribution is 6.30. The van der Waals surface area contributed by atoms with Gasteiger partial charge in [-0.05, 0) is 36.4 Å². The molecule has 3 rings (SSSR count). The second-order valence-corrected chi connectivity index (χ2v) is 6.82. The first-order chi connectivity index (χ1) is 12.7. The van der Waals surface area contributed by atoms with Crippen molar-refractivity contribution < 1.29 is 14.6 Å². The molecular formula is C20H25ClN2O3. The van der Waals surface area contributed by atoms with Crippen LogP contribution in [-0.2, 0) is 0 Å². The molecule has 1 unspecified atom stereocenters. The lowest BCUT2D eigenvalue weighted by Crippen LogP contribution is -2.49. The third-order valence-electron chi connectivity index (χ3n) is 4.53. The summed E-state index contributed by atoms with van der Waals surface area (Å²) in [5.74, 6) is 1.33. The van der Waals surface area contributed by atoms with Gasteiger partial charge in [0, 0.05) is 43.4 Å². The van der Waals surface area contributed by atoms with Crippen molar-refractivity contribution in [3.05, 3.63) is 53.6 Å². The molecule has 0 spiro atoms. The quantitative estimate of drug-likeness (QED) is 0.805. The molecule has 1 saturated heterocycles. The number of halogens is 1. The lowest BCUT2D eigenvalue weighted by Gasteiger charge is -2.36. The summed E-state index contributed by atoms with van der Waals surface area (Å²) in [5.41, 5.74) is 1.19. The summed E-state index contributed by atoms with van der Waals surface area (Å²) >= 11 is 5.95. The van der Waals surface area contributed by atoms with Crippen molar-refractivity contribution in [3.8, 4) is 11.5 Å². The monoisotopic (exact) mass is 376 g/mol. The Labute approximate surface area is 159 Å². The SMILES string of the molecule is COc1ccccc1OCC(O)CN1CCN(c2ccc(Cl)cc2)CC1. The van der Waals surface area contributed by atoms with Gasteiger partial charge in [0.2, 0.25) is 0 Å². The van der Waals surface area contributed by atoms with E-state index in [1.54, 1.807) is 7.11 Å². The molecular weight excluding hydrogens is 352 g/mol. The van der Waals surface area contributed by atoms with E-state index >= 15 is 0 Å². The topological polar surface area (TPSA) is 45.2 Å². The van der Waals surface area contributed by atoms with E-state index in [-0.39, 0.29) is 6.61 Å². The molecule has 0 amide bonds. The van der Waals surface area contributed by atoms with Gasteiger partial charge in [0.25, 0.3) is 0 Å². The lowest BCUT2D eigenvalue weighted by molar-refractivity contribution is 0.0653. The number of aliphatic hydroxyl groups excluding tert-OH is 1. The molecule has 5 nitrogen and oxygen atoms in total. The van der Waals surface area contributed by atoms with E-state index in [9.17, 15) is 5.11 Å². The molecule has 0 bridgehead atoms. The Morgan fingerprint density at radius 1 is 1.00 bits per heavy atom. The van der Waals surface area contributed by atoms with E-state index in [0.29, 0.717) is 18.0 Å². The van der Waals surface area contributed by atoms with E-state index < -0.39 is 6.10 Å². The van der Waals surface area contributed by atoms with Gasteiger partial charge < -0.3 is 19.5 Å². The first kappa shape index (κ1) is 18.8. The largest absolute Gasteiger partial charge is 0.493 e. The summed E-state index contributed by atoms with van der Waals surface area (Å²) in [5, 5.41) is 11.1. The van der Waals surface area contributed by atoms with E-state index in [1.165, 1.54) is 5.69 Å². The van der Waals surface area contributed by atoms with Crippen LogP contribution in [0.5, 0.6) is 11.5 Å². The minimum absolute atomic E-state index is 0.248. The number of piperazine rings is 1. The average Bonchev–Trinajstić information content (AvgIpc) is 2.68. The second kappa shape index (κ2) is 9.12. The number of rotatable bonds is 7. The molecule has 0 aliphatic carbocycles. The zero-order valence-electron chi connectivity index (χ0n) is 15.0. The smallest absolute Gasteiger partial charge is 0.161 e. The molecule has 1 aliphatic rings. The van der Waals surface area contributed by atoms with Gasteiger partial charge in [-0.1, -0.05) is 23.7 Å². The van der Waals surface area contributed by atoms with Crippen LogP contribution in [0, 0.1) is 0 Å². The predicted octanol–water partition coefficient (Wildman–Crippen LogP) is 2.91. The summed E-state index contributed by atoms with van der Waals surface area (Å²) in [4.78, 5) is 4.60. The van der Waals surface area contributed by atoms with Gasteiger partial charge in [-0.3, -0.25) is 4.90 Å². The zero-order chi connectivity index (χ0) is 18.4. The molecule has 1 N–H and O–H groups in total. The van der Waals surface area contributed by atoms with E-state index in [4.69, 9.17) is 21.1 Å². The van der Waals surface area contributed by atoms with Gasteiger partial charge in [0.1, 0.15) is 12.7 Å². The molecule has 6 heteroatoms. The first-order valence-electron chi connectivity index (χ1n) is 8.82. The standard InChI is InChI=1S/C20H25ClN2O3/c1-25-19-4-2-3-5-20(19)26-15-18(24)14-22-10-12-23(13-11-22)17-8-6-16(21)7-9-17/h2-9,18,24H,10-15H2,1H3. The number of nitrogens with zero attached hydrogens (tertiary/aromatic N) is 2. The van der Waals surface area contributed by atoms with Crippen LogP contribution in [0.15, 0.2) is 48.5 Å². The fourth-order valence-corrected chi connectivity index (χ4v) is 3.24. The zero-order valence-corrected chi connectivity index (χ0v) is 15.7. The Morgan fingerprint density at radius 3 is 2.31 bits per heavy atom. The molecule has 140 valence electrons. The average molecular weight is 377 g/mol. The van der Waals surface area contributed by atoms with E-state index in [0.717, 1.165) is 31.2 Å². The normalized spacial score (nSPS) is 16.3. The first-order valence-corrected chi connectivity index (χ1v) is 9.20. The number of benzene rings is 2. The van der Waals surface area contributed by atoms with Gasteiger partial charge in [-0.2, -0.15) is 0 Å². The number of para-hydroxylation sites is 2. The van der Waals surface area contributed by atoms with Gasteiger partial charge in [0.15, 0.2) is 11.5 Å². The van der Waals surface area contributed by atoms with Crippen molar-refractivity contribution in [2.24, 2.45) is 0 Å². The maximum absolute atomic E-state index is 10.3. The predicted molar refractivity (Wildman–Crippen MR) is 105 cm³/mol. The van der Waals surface area contributed by atoms with E-state index in [1.807, 2.05) is 48.5 Å². The highest BCUT2D eigenvalue weighted by Crippen LogP contribution is 2.26. The summed E-state index contributed by atoms with van der Waals surface area (Å²) < 4.78 is 11.0. The minimum Gasteiger partial charge on any atom is -0.493 e. The number of aliphatic hydroxyl groups is 1. The van der Waals surface area contributed by atoms with Crippen LogP contribution in [0.4, 0.5) is 5.69 Å². The van der Waals surface area contributed by atoms with E-state index in [2.05, 4.69) is 9.80 Å². The van der Waals surface area contributed by atoms with Crippen molar-refractivity contribution >= 4 is 17.3 Å². The summed E-state index contributed by atoms with van der Waals surface area (Å²) in [6, 6.07) is 15.4. The Hall–Kier alpha value is -1.95. The number of methoxy groups -OCH3 is 1. The van der Waals surface area contributed by atoms with Crippen LogP contribution in [-0.4, -0.2) is 62.6 Å². The second-order valence-electron chi connectivity index (χ2n) is 6.38. The van der Waals surface area contributed by atoms with Gasteiger partial charge >= 0.3 is 0 Å². The third-order valence-corrected chi connectivity index (χ3v) is 4.79. The molecule has 2 aromatic rings. The Bertz CT molecular complexity index is 688. The molecule has 1 aliphatic heterocycles. The van der Waals surface area contributed by atoms with Gasteiger partial charge in [0.05, 0.1) is 7.11 Å². The highest BCUT2D eigenvalue weighted by Gasteiger charge is 2.20. The lowest BCUT2D eigenvalue weighted by atomic mass is 10.2. The summed E-state index contributed by atoms with van der Waals surface area (Å²) in [6.07, 6.45) is -0.540. The highest BCUT2D eigenvalue weighted by atomic mass is 35.5. The van der Waals surface area contributed by atoms with Crippen molar-refractivity contribution in [1.29, 1.82) is 0 Å². The van der Waals surface area contributed by atoms with Crippen LogP contribution in [0.2, 0.25) is 5.02 Å². The molecule has 1 fully saturated rings. The fourth-order valence-electron chi connectivity index (χ4n) is 3.12.